The summed E-state index contributed by atoms with van der Waals surface area (Å²) in [6.07, 6.45) is 1.64. The monoisotopic (exact) mass is 495 g/mol. The predicted molar refractivity (Wildman–Crippen MR) is 121 cm³/mol. The second-order valence-corrected chi connectivity index (χ2v) is 7.72. The number of allylic oxidation sites excluding steroid dienone is 1. The van der Waals surface area contributed by atoms with Crippen LogP contribution in [0.1, 0.15) is 17.0 Å². The van der Waals surface area contributed by atoms with Gasteiger partial charge in [-0.25, -0.2) is 13.8 Å². The fraction of sp³-hybridized carbons (Fsp3) is 0.0833. The van der Waals surface area contributed by atoms with Crippen molar-refractivity contribution in [1.82, 2.24) is 9.97 Å². The Morgan fingerprint density at radius 3 is 2.59 bits per heavy atom. The zero-order valence-electron chi connectivity index (χ0n) is 16.8. The van der Waals surface area contributed by atoms with Crippen molar-refractivity contribution < 1.29 is 18.3 Å². The molecule has 32 heavy (non-hydrogen) atoms. The van der Waals surface area contributed by atoms with Gasteiger partial charge in [0.2, 0.25) is 0 Å². The first kappa shape index (κ1) is 21.5. The third-order valence-electron chi connectivity index (χ3n) is 4.68. The lowest BCUT2D eigenvalue weighted by atomic mass is 10.1. The third-order valence-corrected chi connectivity index (χ3v) is 5.27. The molecule has 0 saturated heterocycles. The number of imidazole rings is 1. The molecule has 5 nitrogen and oxygen atoms in total. The average Bonchev–Trinajstić information content (AvgIpc) is 3.20. The zero-order chi connectivity index (χ0) is 22.7. The van der Waals surface area contributed by atoms with E-state index in [9.17, 15) is 14.0 Å². The van der Waals surface area contributed by atoms with E-state index in [4.69, 9.17) is 9.47 Å². The Hall–Kier alpha value is -3.70. The molecule has 0 spiro atoms. The standard InChI is InChI=1S/C24H16BrF2N3O2/c1-31-22-10-15(9-19(25)23(22)32-13-14-2-4-17(26)5-3-14)8-16(12-28)24-29-20-7-6-18(27)11-21(20)30-24/h2-11H,13H2,1H3,(H,29,30)/b16-8-. The fourth-order valence-corrected chi connectivity index (χ4v) is 3.70. The molecule has 0 aliphatic carbocycles. The van der Waals surface area contributed by atoms with Crippen molar-refractivity contribution in [2.45, 2.75) is 6.61 Å². The van der Waals surface area contributed by atoms with Crippen LogP contribution in [0.25, 0.3) is 22.7 Å². The molecule has 0 amide bonds. The van der Waals surface area contributed by atoms with Gasteiger partial charge in [-0.1, -0.05) is 12.1 Å². The first-order valence-corrected chi connectivity index (χ1v) is 10.3. The summed E-state index contributed by atoms with van der Waals surface area (Å²) in [5, 5.41) is 9.65. The number of fused-ring (bicyclic) bond motifs is 1. The Morgan fingerprint density at radius 2 is 1.88 bits per heavy atom. The SMILES string of the molecule is COc1cc(/C=C(/C#N)c2nc3ccc(F)cc3[nH]2)cc(Br)c1OCc1ccc(F)cc1. The van der Waals surface area contributed by atoms with Crippen LogP contribution in [0.5, 0.6) is 11.5 Å². The summed E-state index contributed by atoms with van der Waals surface area (Å²) in [7, 11) is 1.51. The van der Waals surface area contributed by atoms with Crippen molar-refractivity contribution >= 4 is 38.6 Å². The van der Waals surface area contributed by atoms with Gasteiger partial charge in [0.15, 0.2) is 11.5 Å². The fourth-order valence-electron chi connectivity index (χ4n) is 3.13. The molecule has 8 heteroatoms. The van der Waals surface area contributed by atoms with Gasteiger partial charge in [0.1, 0.15) is 30.1 Å². The molecule has 160 valence electrons. The van der Waals surface area contributed by atoms with Crippen molar-refractivity contribution in [1.29, 1.82) is 5.26 Å². The van der Waals surface area contributed by atoms with E-state index in [0.717, 1.165) is 5.56 Å². The van der Waals surface area contributed by atoms with Crippen molar-refractivity contribution in [3.8, 4) is 17.6 Å². The van der Waals surface area contributed by atoms with Gasteiger partial charge in [0, 0.05) is 0 Å². The minimum atomic E-state index is -0.389. The summed E-state index contributed by atoms with van der Waals surface area (Å²) in [4.78, 5) is 7.33. The number of nitrogens with one attached hydrogen (secondary N) is 1. The van der Waals surface area contributed by atoms with Crippen LogP contribution in [0.4, 0.5) is 8.78 Å². The second kappa shape index (κ2) is 9.20. The van der Waals surface area contributed by atoms with Gasteiger partial charge in [-0.15, -0.1) is 0 Å². The van der Waals surface area contributed by atoms with E-state index >= 15 is 0 Å². The summed E-state index contributed by atoms with van der Waals surface area (Å²) >= 11 is 3.49. The number of ether oxygens (including phenoxy) is 2. The lowest BCUT2D eigenvalue weighted by molar-refractivity contribution is 0.282. The highest BCUT2D eigenvalue weighted by molar-refractivity contribution is 9.10. The summed E-state index contributed by atoms with van der Waals surface area (Å²) < 4.78 is 38.5. The van der Waals surface area contributed by atoms with Gasteiger partial charge in [-0.05, 0) is 75.6 Å². The topological polar surface area (TPSA) is 70.9 Å². The Balaban J connectivity index is 1.63. The van der Waals surface area contributed by atoms with Gasteiger partial charge in [-0.3, -0.25) is 0 Å². The number of hydrogen-bond donors (Lipinski definition) is 1. The number of methoxy groups -OCH3 is 1. The molecule has 1 N–H and O–H groups in total. The molecular weight excluding hydrogens is 480 g/mol. The molecule has 1 heterocycles. The summed E-state index contributed by atoms with van der Waals surface area (Å²) in [5.74, 6) is 0.565. The predicted octanol–water partition coefficient (Wildman–Crippen LogP) is 6.26. The van der Waals surface area contributed by atoms with Gasteiger partial charge < -0.3 is 14.5 Å². The maximum atomic E-state index is 13.5. The molecular formula is C24H16BrF2N3O2. The first-order valence-electron chi connectivity index (χ1n) is 9.49. The second-order valence-electron chi connectivity index (χ2n) is 6.87. The minimum absolute atomic E-state index is 0.226. The smallest absolute Gasteiger partial charge is 0.175 e. The van der Waals surface area contributed by atoms with Crippen LogP contribution in [0.2, 0.25) is 0 Å². The maximum Gasteiger partial charge on any atom is 0.175 e. The number of hydrogen-bond acceptors (Lipinski definition) is 4. The summed E-state index contributed by atoms with van der Waals surface area (Å²) in [5.41, 5.74) is 2.81. The minimum Gasteiger partial charge on any atom is -0.493 e. The highest BCUT2D eigenvalue weighted by atomic mass is 79.9. The van der Waals surface area contributed by atoms with Crippen molar-refractivity contribution in [2.75, 3.05) is 7.11 Å². The number of benzene rings is 3. The normalized spacial score (nSPS) is 11.4. The zero-order valence-corrected chi connectivity index (χ0v) is 18.4. The largest absolute Gasteiger partial charge is 0.493 e. The van der Waals surface area contributed by atoms with E-state index in [1.165, 1.54) is 31.4 Å². The van der Waals surface area contributed by atoms with Crippen LogP contribution in [-0.2, 0) is 6.61 Å². The Labute approximate surface area is 191 Å². The maximum absolute atomic E-state index is 13.5. The van der Waals surface area contributed by atoms with E-state index in [-0.39, 0.29) is 23.8 Å². The van der Waals surface area contributed by atoms with Crippen molar-refractivity contribution in [3.05, 3.63) is 87.7 Å². The lowest BCUT2D eigenvalue weighted by Gasteiger charge is -2.14. The Kier molecular flexibility index (Phi) is 6.19. The van der Waals surface area contributed by atoms with Crippen LogP contribution in [0, 0.1) is 23.0 Å². The Bertz CT molecular complexity index is 1360. The summed E-state index contributed by atoms with van der Waals surface area (Å²) in [6.45, 7) is 0.226. The molecule has 0 aliphatic rings. The number of aromatic amines is 1. The number of nitriles is 1. The van der Waals surface area contributed by atoms with E-state index in [1.807, 2.05) is 0 Å². The number of halogens is 3. The summed E-state index contributed by atoms with van der Waals surface area (Å²) in [6, 6.07) is 15.8. The molecule has 0 atom stereocenters. The van der Waals surface area contributed by atoms with Crippen molar-refractivity contribution in [3.63, 3.8) is 0 Å². The van der Waals surface area contributed by atoms with Gasteiger partial charge in [0.05, 0.1) is 28.2 Å². The van der Waals surface area contributed by atoms with Crippen LogP contribution < -0.4 is 9.47 Å². The van der Waals surface area contributed by atoms with E-state index < -0.39 is 0 Å². The van der Waals surface area contributed by atoms with Crippen LogP contribution in [0.15, 0.2) is 59.1 Å². The van der Waals surface area contributed by atoms with Crippen LogP contribution in [-0.4, -0.2) is 17.1 Å². The molecule has 3 aromatic carbocycles. The van der Waals surface area contributed by atoms with E-state index in [0.29, 0.717) is 38.4 Å². The molecule has 0 saturated carbocycles. The average molecular weight is 496 g/mol. The molecule has 0 fully saturated rings. The number of aromatic nitrogens is 2. The molecule has 1 aromatic heterocycles. The molecule has 0 aliphatic heterocycles. The highest BCUT2D eigenvalue weighted by Gasteiger charge is 2.14. The van der Waals surface area contributed by atoms with Crippen molar-refractivity contribution in [2.24, 2.45) is 0 Å². The van der Waals surface area contributed by atoms with E-state index in [1.54, 1.807) is 36.4 Å². The quantitative estimate of drug-likeness (QED) is 0.320. The molecule has 0 radical (unpaired) electrons. The third kappa shape index (κ3) is 4.63. The lowest BCUT2D eigenvalue weighted by Crippen LogP contribution is -1.99. The van der Waals surface area contributed by atoms with E-state index in [2.05, 4.69) is 32.0 Å². The van der Waals surface area contributed by atoms with Gasteiger partial charge in [0.25, 0.3) is 0 Å². The highest BCUT2D eigenvalue weighted by Crippen LogP contribution is 2.38. The number of nitrogens with zero attached hydrogens (tertiary/aromatic N) is 2. The molecule has 4 rings (SSSR count). The number of H-pyrrole nitrogens is 1. The molecule has 4 aromatic rings. The molecule has 0 unspecified atom stereocenters. The molecule has 0 bridgehead atoms. The first-order chi connectivity index (χ1) is 15.5. The van der Waals surface area contributed by atoms with Gasteiger partial charge in [-0.2, -0.15) is 5.26 Å². The van der Waals surface area contributed by atoms with Crippen LogP contribution >= 0.6 is 15.9 Å². The number of rotatable bonds is 6. The Morgan fingerprint density at radius 1 is 1.12 bits per heavy atom. The van der Waals surface area contributed by atoms with Gasteiger partial charge >= 0.3 is 0 Å². The van der Waals surface area contributed by atoms with Crippen LogP contribution in [0.3, 0.4) is 0 Å².